The molecule has 0 aliphatic heterocycles. The van der Waals surface area contributed by atoms with E-state index in [2.05, 4.69) is 4.98 Å². The van der Waals surface area contributed by atoms with Crippen LogP contribution in [0.3, 0.4) is 0 Å². The lowest BCUT2D eigenvalue weighted by Gasteiger charge is -2.09. The average molecular weight is 178 g/mol. The summed E-state index contributed by atoms with van der Waals surface area (Å²) in [5.74, 6) is 0.612. The lowest BCUT2D eigenvalue weighted by molar-refractivity contribution is 0.276. The van der Waals surface area contributed by atoms with Gasteiger partial charge in [0.05, 0.1) is 18.0 Å². The second kappa shape index (κ2) is 3.44. The van der Waals surface area contributed by atoms with Crippen molar-refractivity contribution in [2.45, 2.75) is 25.5 Å². The Kier molecular flexibility index (Phi) is 2.29. The van der Waals surface area contributed by atoms with Crippen molar-refractivity contribution < 1.29 is 5.11 Å². The van der Waals surface area contributed by atoms with Crippen LogP contribution in [-0.2, 0) is 6.61 Å². The molecule has 3 nitrogen and oxygen atoms in total. The highest BCUT2D eigenvalue weighted by Gasteiger charge is 2.30. The van der Waals surface area contributed by atoms with Gasteiger partial charge in [0.2, 0.25) is 0 Å². The largest absolute Gasteiger partial charge is 0.390 e. The Bertz CT molecular complexity index is 297. The Labute approximate surface area is 77.6 Å². The lowest BCUT2D eigenvalue weighted by Crippen LogP contribution is -2.14. The average Bonchev–Trinajstić information content (AvgIpc) is 3.00. The van der Waals surface area contributed by atoms with Crippen molar-refractivity contribution in [3.05, 3.63) is 29.6 Å². The molecule has 1 aliphatic carbocycles. The van der Waals surface area contributed by atoms with Crippen LogP contribution in [0, 0.1) is 5.92 Å². The monoisotopic (exact) mass is 178 g/mol. The molecule has 70 valence electrons. The zero-order valence-electron chi connectivity index (χ0n) is 7.48. The molecule has 0 saturated heterocycles. The van der Waals surface area contributed by atoms with Crippen LogP contribution in [0.25, 0.3) is 0 Å². The van der Waals surface area contributed by atoms with Gasteiger partial charge in [0.1, 0.15) is 0 Å². The van der Waals surface area contributed by atoms with Gasteiger partial charge in [0.15, 0.2) is 0 Å². The van der Waals surface area contributed by atoms with Gasteiger partial charge in [-0.3, -0.25) is 4.98 Å². The van der Waals surface area contributed by atoms with Crippen LogP contribution in [0.1, 0.15) is 30.3 Å². The minimum absolute atomic E-state index is 0.00870. The summed E-state index contributed by atoms with van der Waals surface area (Å²) < 4.78 is 0. The maximum Gasteiger partial charge on any atom is 0.0853 e. The van der Waals surface area contributed by atoms with Crippen molar-refractivity contribution in [3.63, 3.8) is 0 Å². The molecule has 1 unspecified atom stereocenters. The Hall–Kier alpha value is -0.930. The van der Waals surface area contributed by atoms with Crippen LogP contribution in [0.15, 0.2) is 18.2 Å². The molecule has 1 aromatic rings. The van der Waals surface area contributed by atoms with Gasteiger partial charge >= 0.3 is 0 Å². The van der Waals surface area contributed by atoms with Crippen LogP contribution in [0.4, 0.5) is 0 Å². The number of hydrogen-bond acceptors (Lipinski definition) is 3. The fraction of sp³-hybridized carbons (Fsp3) is 0.500. The third-order valence-electron chi connectivity index (χ3n) is 2.46. The van der Waals surface area contributed by atoms with Gasteiger partial charge in [-0.05, 0) is 30.9 Å². The molecule has 0 bridgehead atoms. The summed E-state index contributed by atoms with van der Waals surface area (Å²) in [5.41, 5.74) is 7.59. The van der Waals surface area contributed by atoms with Crippen molar-refractivity contribution in [2.75, 3.05) is 0 Å². The standard InChI is InChI=1S/C10H14N2O/c11-10(7-4-5-7)9-3-1-2-8(6-13)12-9/h1-3,7,10,13H,4-6,11H2. The van der Waals surface area contributed by atoms with Crippen molar-refractivity contribution in [2.24, 2.45) is 11.7 Å². The van der Waals surface area contributed by atoms with Crippen molar-refractivity contribution in [3.8, 4) is 0 Å². The fourth-order valence-corrected chi connectivity index (χ4v) is 1.47. The zero-order chi connectivity index (χ0) is 9.26. The maximum atomic E-state index is 8.89. The van der Waals surface area contributed by atoms with Crippen LogP contribution in [0.5, 0.6) is 0 Å². The third kappa shape index (κ3) is 1.87. The molecule has 0 radical (unpaired) electrons. The summed E-state index contributed by atoms with van der Waals surface area (Å²) in [4.78, 5) is 4.28. The number of pyridine rings is 1. The smallest absolute Gasteiger partial charge is 0.0853 e. The highest BCUT2D eigenvalue weighted by atomic mass is 16.3. The molecule has 0 amide bonds. The molecule has 3 heteroatoms. The molecule has 1 heterocycles. The molecule has 1 aliphatic rings. The molecule has 1 saturated carbocycles. The topological polar surface area (TPSA) is 59.1 Å². The highest BCUT2D eigenvalue weighted by Crippen LogP contribution is 2.38. The SMILES string of the molecule is NC(c1cccc(CO)n1)C1CC1. The van der Waals surface area contributed by atoms with Crippen LogP contribution in [0.2, 0.25) is 0 Å². The number of hydrogen-bond donors (Lipinski definition) is 2. The molecular weight excluding hydrogens is 164 g/mol. The van der Waals surface area contributed by atoms with Gasteiger partial charge in [0, 0.05) is 6.04 Å². The number of aromatic nitrogens is 1. The first-order valence-electron chi connectivity index (χ1n) is 4.63. The van der Waals surface area contributed by atoms with Gasteiger partial charge in [0.25, 0.3) is 0 Å². The van der Waals surface area contributed by atoms with Gasteiger partial charge < -0.3 is 10.8 Å². The summed E-state index contributed by atoms with van der Waals surface area (Å²) in [6.45, 7) is -0.00870. The summed E-state index contributed by atoms with van der Waals surface area (Å²) in [7, 11) is 0. The van der Waals surface area contributed by atoms with Gasteiger partial charge in [-0.2, -0.15) is 0 Å². The number of nitrogens with zero attached hydrogens (tertiary/aromatic N) is 1. The van der Waals surface area contributed by atoms with E-state index in [0.29, 0.717) is 11.6 Å². The van der Waals surface area contributed by atoms with Crippen molar-refractivity contribution >= 4 is 0 Å². The number of aliphatic hydroxyl groups excluding tert-OH is 1. The van der Waals surface area contributed by atoms with E-state index in [9.17, 15) is 0 Å². The normalized spacial score (nSPS) is 18.6. The van der Waals surface area contributed by atoms with E-state index < -0.39 is 0 Å². The minimum atomic E-state index is -0.00870. The van der Waals surface area contributed by atoms with Gasteiger partial charge in [-0.15, -0.1) is 0 Å². The van der Waals surface area contributed by atoms with Crippen LogP contribution >= 0.6 is 0 Å². The van der Waals surface area contributed by atoms with Crippen LogP contribution < -0.4 is 5.73 Å². The molecule has 0 aromatic carbocycles. The van der Waals surface area contributed by atoms with Crippen molar-refractivity contribution in [1.82, 2.24) is 4.98 Å². The van der Waals surface area contributed by atoms with E-state index in [0.717, 1.165) is 5.69 Å². The van der Waals surface area contributed by atoms with E-state index in [1.54, 1.807) is 0 Å². The summed E-state index contributed by atoms with van der Waals surface area (Å²) >= 11 is 0. The van der Waals surface area contributed by atoms with Gasteiger partial charge in [-0.25, -0.2) is 0 Å². The third-order valence-corrected chi connectivity index (χ3v) is 2.46. The predicted molar refractivity (Wildman–Crippen MR) is 49.8 cm³/mol. The molecule has 1 atom stereocenters. The number of nitrogens with two attached hydrogens (primary N) is 1. The first-order chi connectivity index (χ1) is 6.31. The Balaban J connectivity index is 2.18. The Morgan fingerprint density at radius 3 is 2.92 bits per heavy atom. The molecule has 13 heavy (non-hydrogen) atoms. The lowest BCUT2D eigenvalue weighted by atomic mass is 10.1. The first-order valence-corrected chi connectivity index (χ1v) is 4.63. The van der Waals surface area contributed by atoms with E-state index in [4.69, 9.17) is 10.8 Å². The Morgan fingerprint density at radius 1 is 1.54 bits per heavy atom. The minimum Gasteiger partial charge on any atom is -0.390 e. The first kappa shape index (κ1) is 8.66. The second-order valence-electron chi connectivity index (χ2n) is 3.58. The van der Waals surface area contributed by atoms with E-state index in [-0.39, 0.29) is 12.6 Å². The zero-order valence-corrected chi connectivity index (χ0v) is 7.48. The summed E-state index contributed by atoms with van der Waals surface area (Å²) in [5, 5.41) is 8.89. The second-order valence-corrected chi connectivity index (χ2v) is 3.58. The maximum absolute atomic E-state index is 8.89. The van der Waals surface area contributed by atoms with Gasteiger partial charge in [-0.1, -0.05) is 6.07 Å². The molecule has 0 spiro atoms. The quantitative estimate of drug-likeness (QED) is 0.725. The predicted octanol–water partition coefficient (Wildman–Crippen LogP) is 0.984. The molecule has 1 aromatic heterocycles. The number of rotatable bonds is 3. The fourth-order valence-electron chi connectivity index (χ4n) is 1.47. The molecule has 2 rings (SSSR count). The summed E-state index contributed by atoms with van der Waals surface area (Å²) in [6, 6.07) is 5.70. The van der Waals surface area contributed by atoms with E-state index in [1.165, 1.54) is 12.8 Å². The highest BCUT2D eigenvalue weighted by molar-refractivity contribution is 5.15. The molecule has 1 fully saturated rings. The molecule has 3 N–H and O–H groups in total. The van der Waals surface area contributed by atoms with Crippen molar-refractivity contribution in [1.29, 1.82) is 0 Å². The Morgan fingerprint density at radius 2 is 2.31 bits per heavy atom. The van der Waals surface area contributed by atoms with E-state index >= 15 is 0 Å². The number of aliphatic hydroxyl groups is 1. The van der Waals surface area contributed by atoms with E-state index in [1.807, 2.05) is 18.2 Å². The molecular formula is C10H14N2O. The summed E-state index contributed by atoms with van der Waals surface area (Å²) in [6.07, 6.45) is 2.43. The van der Waals surface area contributed by atoms with Crippen LogP contribution in [-0.4, -0.2) is 10.1 Å².